The van der Waals surface area contributed by atoms with Gasteiger partial charge in [-0.3, -0.25) is 9.59 Å². The summed E-state index contributed by atoms with van der Waals surface area (Å²) in [4.78, 5) is 28.9. The van der Waals surface area contributed by atoms with Crippen LogP contribution in [0.15, 0.2) is 109 Å². The first-order valence-corrected chi connectivity index (χ1v) is 12.7. The van der Waals surface area contributed by atoms with Crippen LogP contribution in [0, 0.1) is 5.82 Å². The van der Waals surface area contributed by atoms with E-state index < -0.39 is 6.04 Å². The van der Waals surface area contributed by atoms with Gasteiger partial charge in [0.05, 0.1) is 7.11 Å². The average Bonchev–Trinajstić information content (AvgIpc) is 2.98. The first-order valence-electron chi connectivity index (χ1n) is 12.7. The van der Waals surface area contributed by atoms with Gasteiger partial charge in [0, 0.05) is 25.1 Å². The molecular formula is C32H31FN2O4. The normalized spacial score (nSPS) is 11.3. The van der Waals surface area contributed by atoms with E-state index in [0.29, 0.717) is 17.1 Å². The molecule has 1 atom stereocenters. The van der Waals surface area contributed by atoms with Crippen molar-refractivity contribution in [3.05, 3.63) is 132 Å². The van der Waals surface area contributed by atoms with Crippen molar-refractivity contribution in [2.24, 2.45) is 0 Å². The van der Waals surface area contributed by atoms with Crippen LogP contribution in [0.2, 0.25) is 0 Å². The van der Waals surface area contributed by atoms with Gasteiger partial charge in [-0.2, -0.15) is 0 Å². The SMILES string of the molecule is COc1ccccc1CNC(=O)[C@H](Cc1ccccc1)N(Cc1ccc(F)cc1)C(=O)COc1ccccc1. The number of halogens is 1. The van der Waals surface area contributed by atoms with E-state index in [4.69, 9.17) is 9.47 Å². The highest BCUT2D eigenvalue weighted by molar-refractivity contribution is 5.88. The van der Waals surface area contributed by atoms with Gasteiger partial charge < -0.3 is 19.7 Å². The molecule has 200 valence electrons. The molecule has 6 nitrogen and oxygen atoms in total. The van der Waals surface area contributed by atoms with E-state index in [-0.39, 0.29) is 43.7 Å². The summed E-state index contributed by atoms with van der Waals surface area (Å²) in [6.07, 6.45) is 0.289. The van der Waals surface area contributed by atoms with Gasteiger partial charge in [-0.25, -0.2) is 4.39 Å². The minimum atomic E-state index is -0.848. The Kier molecular flexibility index (Phi) is 9.67. The Labute approximate surface area is 228 Å². The maximum atomic E-state index is 13.7. The van der Waals surface area contributed by atoms with Crippen molar-refractivity contribution < 1.29 is 23.5 Å². The van der Waals surface area contributed by atoms with Crippen molar-refractivity contribution in [1.29, 1.82) is 0 Å². The largest absolute Gasteiger partial charge is 0.496 e. The number of carbonyl (C=O) groups excluding carboxylic acids is 2. The second-order valence-electron chi connectivity index (χ2n) is 8.99. The molecule has 0 saturated heterocycles. The number of amides is 2. The molecule has 0 aliphatic carbocycles. The first kappa shape index (κ1) is 27.4. The summed E-state index contributed by atoms with van der Waals surface area (Å²) in [7, 11) is 1.58. The fraction of sp³-hybridized carbons (Fsp3) is 0.188. The van der Waals surface area contributed by atoms with Crippen LogP contribution in [0.3, 0.4) is 0 Å². The van der Waals surface area contributed by atoms with Crippen LogP contribution in [-0.4, -0.2) is 36.5 Å². The maximum absolute atomic E-state index is 13.7. The van der Waals surface area contributed by atoms with Crippen molar-refractivity contribution in [2.75, 3.05) is 13.7 Å². The van der Waals surface area contributed by atoms with Crippen LogP contribution in [0.1, 0.15) is 16.7 Å². The molecule has 0 aliphatic rings. The highest BCUT2D eigenvalue weighted by Crippen LogP contribution is 2.19. The molecule has 0 unspecified atom stereocenters. The van der Waals surface area contributed by atoms with E-state index in [0.717, 1.165) is 11.1 Å². The summed E-state index contributed by atoms with van der Waals surface area (Å²) in [6, 6.07) is 31.0. The molecule has 0 aromatic heterocycles. The molecule has 0 radical (unpaired) electrons. The quantitative estimate of drug-likeness (QED) is 0.277. The predicted molar refractivity (Wildman–Crippen MR) is 148 cm³/mol. The lowest BCUT2D eigenvalue weighted by Crippen LogP contribution is -2.51. The van der Waals surface area contributed by atoms with Gasteiger partial charge >= 0.3 is 0 Å². The van der Waals surface area contributed by atoms with Gasteiger partial charge in [0.1, 0.15) is 23.4 Å². The summed E-state index contributed by atoms with van der Waals surface area (Å²) >= 11 is 0. The Balaban J connectivity index is 1.61. The summed E-state index contributed by atoms with van der Waals surface area (Å²) in [5, 5.41) is 2.98. The highest BCUT2D eigenvalue weighted by Gasteiger charge is 2.31. The third-order valence-corrected chi connectivity index (χ3v) is 6.29. The zero-order valence-corrected chi connectivity index (χ0v) is 21.8. The molecule has 0 saturated carbocycles. The standard InChI is InChI=1S/C32H31FN2O4/c1-38-30-15-9-8-12-26(30)21-34-32(37)29(20-24-10-4-2-5-11-24)35(22-25-16-18-27(33)19-17-25)31(36)23-39-28-13-6-3-7-14-28/h2-19,29H,20-23H2,1H3,(H,34,37)/t29-/m0/s1. The van der Waals surface area contributed by atoms with Gasteiger partial charge in [0.2, 0.25) is 5.91 Å². The van der Waals surface area contributed by atoms with Crippen molar-refractivity contribution in [1.82, 2.24) is 10.2 Å². The van der Waals surface area contributed by atoms with E-state index >= 15 is 0 Å². The lowest BCUT2D eigenvalue weighted by molar-refractivity contribution is -0.142. The Morgan fingerprint density at radius 3 is 2.15 bits per heavy atom. The van der Waals surface area contributed by atoms with Gasteiger partial charge in [0.25, 0.3) is 5.91 Å². The number of nitrogens with zero attached hydrogens (tertiary/aromatic N) is 1. The number of hydrogen-bond acceptors (Lipinski definition) is 4. The molecule has 0 spiro atoms. The topological polar surface area (TPSA) is 67.9 Å². The molecule has 0 heterocycles. The Hall–Kier alpha value is -4.65. The van der Waals surface area contributed by atoms with Gasteiger partial charge in [-0.15, -0.1) is 0 Å². The molecule has 4 rings (SSSR count). The van der Waals surface area contributed by atoms with E-state index in [1.165, 1.54) is 17.0 Å². The second-order valence-corrected chi connectivity index (χ2v) is 8.99. The minimum Gasteiger partial charge on any atom is -0.496 e. The van der Waals surface area contributed by atoms with E-state index in [9.17, 15) is 14.0 Å². The number of para-hydroxylation sites is 2. The van der Waals surface area contributed by atoms with Crippen LogP contribution in [-0.2, 0) is 29.1 Å². The maximum Gasteiger partial charge on any atom is 0.261 e. The summed E-state index contributed by atoms with van der Waals surface area (Å²) < 4.78 is 24.8. The van der Waals surface area contributed by atoms with E-state index in [1.54, 1.807) is 31.4 Å². The number of benzene rings is 4. The zero-order chi connectivity index (χ0) is 27.5. The van der Waals surface area contributed by atoms with Crippen molar-refractivity contribution >= 4 is 11.8 Å². The molecule has 4 aromatic rings. The Morgan fingerprint density at radius 2 is 1.46 bits per heavy atom. The molecule has 0 bridgehead atoms. The highest BCUT2D eigenvalue weighted by atomic mass is 19.1. The van der Waals surface area contributed by atoms with Crippen LogP contribution < -0.4 is 14.8 Å². The smallest absolute Gasteiger partial charge is 0.261 e. The van der Waals surface area contributed by atoms with Crippen LogP contribution in [0.25, 0.3) is 0 Å². The van der Waals surface area contributed by atoms with Crippen molar-refractivity contribution in [2.45, 2.75) is 25.6 Å². The summed E-state index contributed by atoms with van der Waals surface area (Å²) in [6.45, 7) is 0.0837. The Morgan fingerprint density at radius 1 is 0.821 bits per heavy atom. The molecule has 4 aromatic carbocycles. The van der Waals surface area contributed by atoms with Crippen molar-refractivity contribution in [3.8, 4) is 11.5 Å². The van der Waals surface area contributed by atoms with Crippen LogP contribution in [0.4, 0.5) is 4.39 Å². The molecular weight excluding hydrogens is 495 g/mol. The summed E-state index contributed by atoms with van der Waals surface area (Å²) in [5.74, 6) is 0.150. The molecule has 0 fully saturated rings. The minimum absolute atomic E-state index is 0.108. The number of ether oxygens (including phenoxy) is 2. The fourth-order valence-corrected chi connectivity index (χ4v) is 4.23. The number of hydrogen-bond donors (Lipinski definition) is 1. The lowest BCUT2D eigenvalue weighted by Gasteiger charge is -2.31. The van der Waals surface area contributed by atoms with Gasteiger partial charge in [-0.05, 0) is 41.5 Å². The number of methoxy groups -OCH3 is 1. The van der Waals surface area contributed by atoms with Gasteiger partial charge in [-0.1, -0.05) is 78.9 Å². The number of nitrogens with one attached hydrogen (secondary N) is 1. The second kappa shape index (κ2) is 13.8. The molecule has 2 amide bonds. The predicted octanol–water partition coefficient (Wildman–Crippen LogP) is 5.17. The van der Waals surface area contributed by atoms with Crippen LogP contribution in [0.5, 0.6) is 11.5 Å². The summed E-state index contributed by atoms with van der Waals surface area (Å²) in [5.41, 5.74) is 2.41. The Bertz CT molecular complexity index is 1350. The van der Waals surface area contributed by atoms with Crippen LogP contribution >= 0.6 is 0 Å². The number of carbonyl (C=O) groups is 2. The third kappa shape index (κ3) is 7.92. The molecule has 0 aliphatic heterocycles. The van der Waals surface area contributed by atoms with E-state index in [2.05, 4.69) is 5.32 Å². The average molecular weight is 527 g/mol. The molecule has 7 heteroatoms. The van der Waals surface area contributed by atoms with Gasteiger partial charge in [0.15, 0.2) is 6.61 Å². The lowest BCUT2D eigenvalue weighted by atomic mass is 10.0. The number of rotatable bonds is 12. The first-order chi connectivity index (χ1) is 19.0. The molecule has 1 N–H and O–H groups in total. The fourth-order valence-electron chi connectivity index (χ4n) is 4.23. The third-order valence-electron chi connectivity index (χ3n) is 6.29. The molecule has 39 heavy (non-hydrogen) atoms. The van der Waals surface area contributed by atoms with Crippen molar-refractivity contribution in [3.63, 3.8) is 0 Å². The zero-order valence-electron chi connectivity index (χ0n) is 21.8. The monoisotopic (exact) mass is 526 g/mol. The van der Waals surface area contributed by atoms with E-state index in [1.807, 2.05) is 72.8 Å².